The number of hydrogen-bond donors (Lipinski definition) is 1. The van der Waals surface area contributed by atoms with Crippen LogP contribution in [0.2, 0.25) is 0 Å². The van der Waals surface area contributed by atoms with E-state index in [2.05, 4.69) is 14.7 Å². The number of pyridine rings is 2. The van der Waals surface area contributed by atoms with Crippen molar-refractivity contribution in [3.63, 3.8) is 0 Å². The molecule has 0 aliphatic rings. The molecule has 3 aromatic heterocycles. The molecule has 4 rings (SSSR count). The van der Waals surface area contributed by atoms with Crippen molar-refractivity contribution in [3.05, 3.63) is 76.7 Å². The van der Waals surface area contributed by atoms with Gasteiger partial charge in [0, 0.05) is 30.6 Å². The molecule has 0 radical (unpaired) electrons. The van der Waals surface area contributed by atoms with Gasteiger partial charge in [0.25, 0.3) is 15.6 Å². The van der Waals surface area contributed by atoms with Gasteiger partial charge in [-0.1, -0.05) is 13.0 Å². The van der Waals surface area contributed by atoms with E-state index in [0.717, 1.165) is 0 Å². The number of aryl methyl sites for hydroxylation is 1. The first-order chi connectivity index (χ1) is 17.8. The zero-order valence-corrected chi connectivity index (χ0v) is 21.2. The average Bonchev–Trinajstić information content (AvgIpc) is 2.89. The normalized spacial score (nSPS) is 11.5. The van der Waals surface area contributed by atoms with Crippen molar-refractivity contribution in [2.24, 2.45) is 0 Å². The van der Waals surface area contributed by atoms with Crippen LogP contribution in [-0.2, 0) is 21.2 Å². The van der Waals surface area contributed by atoms with Crippen molar-refractivity contribution >= 4 is 21.4 Å². The molecular weight excluding hydrogens is 503 g/mol. The van der Waals surface area contributed by atoms with Gasteiger partial charge in [0.2, 0.25) is 11.6 Å². The summed E-state index contributed by atoms with van der Waals surface area (Å²) in [4.78, 5) is 20.8. The number of nitrogens with zero attached hydrogens (tertiary/aromatic N) is 3. The number of methoxy groups -OCH3 is 2. The Morgan fingerprint density at radius 1 is 1.03 bits per heavy atom. The number of ether oxygens (including phenoxy) is 3. The molecule has 10 nitrogen and oxygen atoms in total. The second kappa shape index (κ2) is 10.9. The van der Waals surface area contributed by atoms with E-state index in [0.29, 0.717) is 35.4 Å². The zero-order chi connectivity index (χ0) is 26.6. The summed E-state index contributed by atoms with van der Waals surface area (Å²) in [5.41, 5.74) is 1.66. The number of hydrogen-bond acceptors (Lipinski definition) is 8. The Morgan fingerprint density at radius 3 is 2.54 bits per heavy atom. The molecule has 0 atom stereocenters. The molecular formula is C25H25FN4O6S. The van der Waals surface area contributed by atoms with Gasteiger partial charge in [0.15, 0.2) is 0 Å². The van der Waals surface area contributed by atoms with Crippen LogP contribution in [0.15, 0.2) is 64.7 Å². The van der Waals surface area contributed by atoms with Crippen LogP contribution < -0.4 is 19.8 Å². The summed E-state index contributed by atoms with van der Waals surface area (Å²) < 4.78 is 59.8. The number of fused-ring (bicyclic) bond motifs is 1. The molecule has 0 fully saturated rings. The minimum Gasteiger partial charge on any atom is -0.484 e. The molecule has 0 spiro atoms. The average molecular weight is 529 g/mol. The molecule has 1 aromatic carbocycles. The summed E-state index contributed by atoms with van der Waals surface area (Å²) in [5, 5.41) is 0. The van der Waals surface area contributed by atoms with Gasteiger partial charge in [-0.3, -0.25) is 13.9 Å². The Bertz CT molecular complexity index is 1610. The van der Waals surface area contributed by atoms with Crippen LogP contribution in [-0.4, -0.2) is 50.2 Å². The fourth-order valence-corrected chi connectivity index (χ4v) is 4.70. The second-order valence-electron chi connectivity index (χ2n) is 7.92. The van der Waals surface area contributed by atoms with Crippen molar-refractivity contribution in [3.8, 4) is 22.8 Å². The molecule has 0 aliphatic carbocycles. The number of benzene rings is 1. The van der Waals surface area contributed by atoms with Gasteiger partial charge in [-0.25, -0.2) is 22.8 Å². The molecule has 3 heterocycles. The summed E-state index contributed by atoms with van der Waals surface area (Å²) in [6.07, 6.45) is 4.92. The quantitative estimate of drug-likeness (QED) is 0.311. The first-order valence-electron chi connectivity index (χ1n) is 11.3. The standard InChI is InChI=1S/C25H25FN4O6S/c1-4-16-5-7-22(19(26)11-16)37(32,33)29-20-12-18(13-28-24(20)35-3)17-6-8-23-27-14-21(36-10-9-34-2)25(31)30(23)15-17/h5-8,11-15,29H,4,9-10H2,1-3H3. The van der Waals surface area contributed by atoms with Crippen molar-refractivity contribution in [1.29, 1.82) is 0 Å². The molecule has 0 saturated carbocycles. The lowest BCUT2D eigenvalue weighted by molar-refractivity contribution is 0.145. The van der Waals surface area contributed by atoms with Crippen LogP contribution in [0.3, 0.4) is 0 Å². The number of nitrogens with one attached hydrogen (secondary N) is 1. The van der Waals surface area contributed by atoms with E-state index in [1.54, 1.807) is 24.4 Å². The van der Waals surface area contributed by atoms with Gasteiger partial charge in [-0.2, -0.15) is 0 Å². The minimum atomic E-state index is -4.30. The van der Waals surface area contributed by atoms with Crippen molar-refractivity contribution in [2.75, 3.05) is 32.2 Å². The lowest BCUT2D eigenvalue weighted by atomic mass is 10.1. The maximum Gasteiger partial charge on any atom is 0.300 e. The van der Waals surface area contributed by atoms with Crippen molar-refractivity contribution in [1.82, 2.24) is 14.4 Å². The predicted molar refractivity (Wildman–Crippen MR) is 135 cm³/mol. The van der Waals surface area contributed by atoms with Gasteiger partial charge >= 0.3 is 0 Å². The number of sulfonamides is 1. The van der Waals surface area contributed by atoms with E-state index in [9.17, 15) is 17.6 Å². The fraction of sp³-hybridized carbons (Fsp3) is 0.240. The molecule has 0 saturated heterocycles. The summed E-state index contributed by atoms with van der Waals surface area (Å²) >= 11 is 0. The zero-order valence-electron chi connectivity index (χ0n) is 20.4. The SMILES string of the molecule is CCc1ccc(S(=O)(=O)Nc2cc(-c3ccc4ncc(OCCOC)c(=O)n4c3)cnc2OC)c(F)c1. The molecule has 4 aromatic rings. The highest BCUT2D eigenvalue weighted by Gasteiger charge is 2.22. The van der Waals surface area contributed by atoms with Crippen LogP contribution in [0, 0.1) is 5.82 Å². The van der Waals surface area contributed by atoms with Gasteiger partial charge < -0.3 is 14.2 Å². The molecule has 12 heteroatoms. The first kappa shape index (κ1) is 26.0. The summed E-state index contributed by atoms with van der Waals surface area (Å²) in [6.45, 7) is 2.34. The van der Waals surface area contributed by atoms with Crippen molar-refractivity contribution < 1.29 is 27.0 Å². The lowest BCUT2D eigenvalue weighted by Crippen LogP contribution is -2.19. The van der Waals surface area contributed by atoms with Gasteiger partial charge in [-0.15, -0.1) is 0 Å². The highest BCUT2D eigenvalue weighted by molar-refractivity contribution is 7.92. The molecule has 0 aliphatic heterocycles. The number of rotatable bonds is 10. The van der Waals surface area contributed by atoms with Crippen LogP contribution in [0.5, 0.6) is 11.6 Å². The Kier molecular flexibility index (Phi) is 7.69. The fourth-order valence-electron chi connectivity index (χ4n) is 3.59. The summed E-state index contributed by atoms with van der Waals surface area (Å²) in [6, 6.07) is 8.79. The Hall–Kier alpha value is -4.03. The summed E-state index contributed by atoms with van der Waals surface area (Å²) in [5.74, 6) is -0.810. The maximum absolute atomic E-state index is 14.6. The van der Waals surface area contributed by atoms with Crippen LogP contribution in [0.1, 0.15) is 12.5 Å². The molecule has 0 bridgehead atoms. The molecule has 194 valence electrons. The van der Waals surface area contributed by atoms with E-state index < -0.39 is 26.3 Å². The lowest BCUT2D eigenvalue weighted by Gasteiger charge is -2.14. The smallest absolute Gasteiger partial charge is 0.300 e. The Labute approximate surface area is 212 Å². The third-order valence-corrected chi connectivity index (χ3v) is 6.93. The van der Waals surface area contributed by atoms with Gasteiger partial charge in [0.1, 0.15) is 28.7 Å². The minimum absolute atomic E-state index is 0.00110. The molecule has 0 amide bonds. The Balaban J connectivity index is 1.72. The second-order valence-corrected chi connectivity index (χ2v) is 9.57. The topological polar surface area (TPSA) is 121 Å². The third-order valence-electron chi connectivity index (χ3n) is 5.53. The number of anilines is 1. The largest absolute Gasteiger partial charge is 0.484 e. The first-order valence-corrected chi connectivity index (χ1v) is 12.7. The predicted octanol–water partition coefficient (Wildman–Crippen LogP) is 3.29. The van der Waals surface area contributed by atoms with E-state index in [1.165, 1.54) is 49.2 Å². The molecule has 1 N–H and O–H groups in total. The Morgan fingerprint density at radius 2 is 1.84 bits per heavy atom. The van der Waals surface area contributed by atoms with Gasteiger partial charge in [0.05, 0.1) is 19.9 Å². The highest BCUT2D eigenvalue weighted by atomic mass is 32.2. The van der Waals surface area contributed by atoms with Gasteiger partial charge in [-0.05, 0) is 42.3 Å². The number of aromatic nitrogens is 3. The van der Waals surface area contributed by atoms with Crippen LogP contribution in [0.4, 0.5) is 10.1 Å². The van der Waals surface area contributed by atoms with E-state index >= 15 is 0 Å². The molecule has 0 unspecified atom stereocenters. The highest BCUT2D eigenvalue weighted by Crippen LogP contribution is 2.31. The van der Waals surface area contributed by atoms with E-state index in [1.807, 2.05) is 6.92 Å². The number of halogens is 1. The third kappa shape index (κ3) is 5.54. The summed E-state index contributed by atoms with van der Waals surface area (Å²) in [7, 11) is -1.43. The van der Waals surface area contributed by atoms with E-state index in [4.69, 9.17) is 14.2 Å². The van der Waals surface area contributed by atoms with E-state index in [-0.39, 0.29) is 23.9 Å². The van der Waals surface area contributed by atoms with Crippen LogP contribution in [0.25, 0.3) is 16.8 Å². The maximum atomic E-state index is 14.6. The molecule has 37 heavy (non-hydrogen) atoms. The van der Waals surface area contributed by atoms with Crippen molar-refractivity contribution in [2.45, 2.75) is 18.2 Å². The monoisotopic (exact) mass is 528 g/mol. The van der Waals surface area contributed by atoms with Crippen LogP contribution >= 0.6 is 0 Å².